The van der Waals surface area contributed by atoms with Crippen LogP contribution in [-0.2, 0) is 25.8 Å². The summed E-state index contributed by atoms with van der Waals surface area (Å²) < 4.78 is 28.3. The molecule has 1 fully saturated rings. The van der Waals surface area contributed by atoms with Gasteiger partial charge in [0.2, 0.25) is 0 Å². The lowest BCUT2D eigenvalue weighted by Crippen LogP contribution is -2.52. The Morgan fingerprint density at radius 1 is 1.36 bits per heavy atom. The molecule has 1 aromatic carbocycles. The zero-order valence-corrected chi connectivity index (χ0v) is 13.0. The lowest BCUT2D eigenvalue weighted by atomic mass is 9.96. The topological polar surface area (TPSA) is 89.5 Å². The maximum atomic E-state index is 12.3. The molecule has 0 spiro atoms. The molecule has 2 heterocycles. The Hall–Kier alpha value is -1.89. The SMILES string of the molecule is C[C@@]1(NC(=O)[C@H]2Cc3ccccc3C(=O)O2)CCS(=O)(=O)C1. The van der Waals surface area contributed by atoms with E-state index in [1.54, 1.807) is 31.2 Å². The van der Waals surface area contributed by atoms with Crippen LogP contribution in [-0.4, -0.2) is 43.4 Å². The number of amides is 1. The summed E-state index contributed by atoms with van der Waals surface area (Å²) in [4.78, 5) is 24.3. The lowest BCUT2D eigenvalue weighted by Gasteiger charge is -2.29. The number of rotatable bonds is 2. The van der Waals surface area contributed by atoms with Gasteiger partial charge in [0.25, 0.3) is 5.91 Å². The van der Waals surface area contributed by atoms with Crippen molar-refractivity contribution in [1.29, 1.82) is 0 Å². The molecule has 7 heteroatoms. The fourth-order valence-electron chi connectivity index (χ4n) is 2.96. The number of benzene rings is 1. The summed E-state index contributed by atoms with van der Waals surface area (Å²) in [6.45, 7) is 1.70. The van der Waals surface area contributed by atoms with Crippen LogP contribution in [0.25, 0.3) is 0 Å². The zero-order valence-electron chi connectivity index (χ0n) is 12.2. The molecule has 2 aliphatic rings. The van der Waals surface area contributed by atoms with E-state index in [4.69, 9.17) is 4.74 Å². The number of carbonyl (C=O) groups is 2. The van der Waals surface area contributed by atoms with E-state index in [1.165, 1.54) is 0 Å². The number of sulfone groups is 1. The highest BCUT2D eigenvalue weighted by molar-refractivity contribution is 7.91. The number of ether oxygens (including phenoxy) is 1. The first-order valence-corrected chi connectivity index (χ1v) is 8.92. The summed E-state index contributed by atoms with van der Waals surface area (Å²) in [6.07, 6.45) is -0.239. The highest BCUT2D eigenvalue weighted by Gasteiger charge is 2.41. The molecule has 22 heavy (non-hydrogen) atoms. The molecule has 0 aromatic heterocycles. The Bertz CT molecular complexity index is 742. The molecule has 118 valence electrons. The van der Waals surface area contributed by atoms with Crippen molar-refractivity contribution in [3.8, 4) is 0 Å². The standard InChI is InChI=1S/C15H17NO5S/c1-15(6-7-22(19,20)9-15)16-13(17)12-8-10-4-2-3-5-11(10)14(18)21-12/h2-5,12H,6-9H2,1H3,(H,16,17)/t12-,15-/m1/s1. The van der Waals surface area contributed by atoms with Gasteiger partial charge in [0.05, 0.1) is 22.6 Å². The summed E-state index contributed by atoms with van der Waals surface area (Å²) in [6, 6.07) is 7.00. The van der Waals surface area contributed by atoms with Gasteiger partial charge in [-0.05, 0) is 25.0 Å². The molecule has 0 bridgehead atoms. The van der Waals surface area contributed by atoms with E-state index in [1.807, 2.05) is 0 Å². The van der Waals surface area contributed by atoms with Gasteiger partial charge >= 0.3 is 5.97 Å². The molecule has 0 unspecified atom stereocenters. The molecule has 0 aliphatic carbocycles. The van der Waals surface area contributed by atoms with Crippen molar-refractivity contribution in [2.24, 2.45) is 0 Å². The van der Waals surface area contributed by atoms with Crippen molar-refractivity contribution < 1.29 is 22.7 Å². The van der Waals surface area contributed by atoms with Crippen LogP contribution in [0.15, 0.2) is 24.3 Å². The van der Waals surface area contributed by atoms with Crippen molar-refractivity contribution in [2.45, 2.75) is 31.4 Å². The van der Waals surface area contributed by atoms with Crippen LogP contribution in [0, 0.1) is 0 Å². The number of cyclic esters (lactones) is 1. The maximum absolute atomic E-state index is 12.3. The van der Waals surface area contributed by atoms with Crippen LogP contribution >= 0.6 is 0 Å². The normalized spacial score (nSPS) is 29.5. The van der Waals surface area contributed by atoms with Gasteiger partial charge in [-0.3, -0.25) is 4.79 Å². The lowest BCUT2D eigenvalue weighted by molar-refractivity contribution is -0.131. The van der Waals surface area contributed by atoms with Crippen molar-refractivity contribution in [1.82, 2.24) is 5.32 Å². The second-order valence-electron chi connectivity index (χ2n) is 6.15. The van der Waals surface area contributed by atoms with Crippen LogP contribution in [0.2, 0.25) is 0 Å². The molecule has 1 amide bonds. The van der Waals surface area contributed by atoms with Gasteiger partial charge < -0.3 is 10.1 Å². The molecular weight excluding hydrogens is 306 g/mol. The molecule has 1 saturated heterocycles. The Morgan fingerprint density at radius 3 is 2.77 bits per heavy atom. The summed E-state index contributed by atoms with van der Waals surface area (Å²) in [7, 11) is -3.11. The Balaban J connectivity index is 1.74. The smallest absolute Gasteiger partial charge is 0.339 e. The van der Waals surface area contributed by atoms with Crippen LogP contribution in [0.3, 0.4) is 0 Å². The number of nitrogens with one attached hydrogen (secondary N) is 1. The minimum atomic E-state index is -3.11. The van der Waals surface area contributed by atoms with Gasteiger partial charge in [-0.2, -0.15) is 0 Å². The Kier molecular flexibility index (Phi) is 3.47. The zero-order chi connectivity index (χ0) is 16.0. The largest absolute Gasteiger partial charge is 0.448 e. The van der Waals surface area contributed by atoms with E-state index < -0.39 is 33.4 Å². The van der Waals surface area contributed by atoms with Gasteiger partial charge in [0.1, 0.15) is 0 Å². The average Bonchev–Trinajstić information content (AvgIpc) is 2.72. The van der Waals surface area contributed by atoms with Crippen molar-refractivity contribution in [2.75, 3.05) is 11.5 Å². The number of esters is 1. The minimum Gasteiger partial charge on any atom is -0.448 e. The Labute approximate surface area is 128 Å². The molecular formula is C15H17NO5S. The van der Waals surface area contributed by atoms with Gasteiger partial charge in [-0.25, -0.2) is 13.2 Å². The van der Waals surface area contributed by atoms with E-state index in [0.29, 0.717) is 18.4 Å². The third-order valence-electron chi connectivity index (χ3n) is 4.11. The second-order valence-corrected chi connectivity index (χ2v) is 8.33. The Morgan fingerprint density at radius 2 is 2.09 bits per heavy atom. The molecule has 2 atom stereocenters. The molecule has 2 aliphatic heterocycles. The second kappa shape index (κ2) is 5.08. The van der Waals surface area contributed by atoms with Crippen LogP contribution in [0.5, 0.6) is 0 Å². The fraction of sp³-hybridized carbons (Fsp3) is 0.467. The van der Waals surface area contributed by atoms with E-state index in [9.17, 15) is 18.0 Å². The summed E-state index contributed by atoms with van der Waals surface area (Å²) in [5.74, 6) is -0.978. The molecule has 0 radical (unpaired) electrons. The van der Waals surface area contributed by atoms with Crippen LogP contribution in [0.4, 0.5) is 0 Å². The third-order valence-corrected chi connectivity index (χ3v) is 6.02. The average molecular weight is 323 g/mol. The molecule has 0 saturated carbocycles. The number of hydrogen-bond acceptors (Lipinski definition) is 5. The predicted molar refractivity (Wildman–Crippen MR) is 79.2 cm³/mol. The first-order chi connectivity index (χ1) is 10.3. The van der Waals surface area contributed by atoms with E-state index in [0.717, 1.165) is 5.56 Å². The predicted octanol–water partition coefficient (Wildman–Crippen LogP) is 0.462. The first-order valence-electron chi connectivity index (χ1n) is 7.09. The molecule has 3 rings (SSSR count). The molecule has 6 nitrogen and oxygen atoms in total. The molecule has 1 N–H and O–H groups in total. The minimum absolute atomic E-state index is 0.0665. The number of fused-ring (bicyclic) bond motifs is 1. The summed E-state index contributed by atoms with van der Waals surface area (Å²) >= 11 is 0. The van der Waals surface area contributed by atoms with Gasteiger partial charge in [0.15, 0.2) is 15.9 Å². The van der Waals surface area contributed by atoms with E-state index in [-0.39, 0.29) is 11.5 Å². The van der Waals surface area contributed by atoms with Crippen LogP contribution < -0.4 is 5.32 Å². The van der Waals surface area contributed by atoms with E-state index in [2.05, 4.69) is 5.32 Å². The van der Waals surface area contributed by atoms with Crippen molar-refractivity contribution >= 4 is 21.7 Å². The maximum Gasteiger partial charge on any atom is 0.339 e. The number of hydrogen-bond donors (Lipinski definition) is 1. The summed E-state index contributed by atoms with van der Waals surface area (Å²) in [5, 5.41) is 2.74. The van der Waals surface area contributed by atoms with Gasteiger partial charge in [0, 0.05) is 6.42 Å². The van der Waals surface area contributed by atoms with Gasteiger partial charge in [-0.15, -0.1) is 0 Å². The van der Waals surface area contributed by atoms with Crippen molar-refractivity contribution in [3.63, 3.8) is 0 Å². The first kappa shape index (κ1) is 15.0. The highest BCUT2D eigenvalue weighted by atomic mass is 32.2. The fourth-order valence-corrected chi connectivity index (χ4v) is 5.06. The van der Waals surface area contributed by atoms with Crippen LogP contribution in [0.1, 0.15) is 29.3 Å². The highest BCUT2D eigenvalue weighted by Crippen LogP contribution is 2.25. The van der Waals surface area contributed by atoms with Gasteiger partial charge in [-0.1, -0.05) is 18.2 Å². The summed E-state index contributed by atoms with van der Waals surface area (Å²) in [5.41, 5.74) is 0.448. The third kappa shape index (κ3) is 2.85. The van der Waals surface area contributed by atoms with Crippen molar-refractivity contribution in [3.05, 3.63) is 35.4 Å². The van der Waals surface area contributed by atoms with E-state index >= 15 is 0 Å². The quantitative estimate of drug-likeness (QED) is 0.799. The number of carbonyl (C=O) groups excluding carboxylic acids is 2. The monoisotopic (exact) mass is 323 g/mol. The molecule has 1 aromatic rings.